The van der Waals surface area contributed by atoms with Gasteiger partial charge in [0.15, 0.2) is 0 Å². The fourth-order valence-corrected chi connectivity index (χ4v) is 3.41. The van der Waals surface area contributed by atoms with Gasteiger partial charge in [0.2, 0.25) is 0 Å². The summed E-state index contributed by atoms with van der Waals surface area (Å²) in [4.78, 5) is 26.7. The van der Waals surface area contributed by atoms with Crippen molar-refractivity contribution in [1.82, 2.24) is 4.98 Å². The van der Waals surface area contributed by atoms with Gasteiger partial charge in [0.05, 0.1) is 9.82 Å². The molecule has 28 heavy (non-hydrogen) atoms. The molecule has 0 aliphatic rings. The third kappa shape index (κ3) is 4.30. The maximum absolute atomic E-state index is 12.5. The largest absolute Gasteiger partial charge is 0.316 e. The van der Waals surface area contributed by atoms with Crippen molar-refractivity contribution in [2.24, 2.45) is 0 Å². The van der Waals surface area contributed by atoms with Gasteiger partial charge in [-0.05, 0) is 36.4 Å². The normalized spacial score (nSPS) is 10.9. The highest BCUT2D eigenvalue weighted by Crippen LogP contribution is 2.24. The number of benzene rings is 2. The van der Waals surface area contributed by atoms with Crippen molar-refractivity contribution in [3.05, 3.63) is 88.6 Å². The third-order valence-electron chi connectivity index (χ3n) is 3.66. The minimum absolute atomic E-state index is 0.0115. The molecular formula is C18H14N4O5S. The Labute approximate surface area is 160 Å². The summed E-state index contributed by atoms with van der Waals surface area (Å²) in [5.74, 6) is -0.540. The fourth-order valence-electron chi connectivity index (χ4n) is 2.36. The molecule has 3 rings (SSSR count). The second-order valence-corrected chi connectivity index (χ2v) is 7.26. The molecule has 0 saturated carbocycles. The maximum atomic E-state index is 12.5. The number of carbonyl (C=O) groups is 1. The first-order chi connectivity index (χ1) is 13.4. The summed E-state index contributed by atoms with van der Waals surface area (Å²) in [5.41, 5.74) is -0.226. The fraction of sp³-hybridized carbons (Fsp3) is 0. The topological polar surface area (TPSA) is 131 Å². The van der Waals surface area contributed by atoms with Crippen LogP contribution >= 0.6 is 0 Å². The molecule has 1 aromatic heterocycles. The smallest absolute Gasteiger partial charge is 0.292 e. The van der Waals surface area contributed by atoms with E-state index in [1.54, 1.807) is 18.2 Å². The number of amides is 1. The molecule has 142 valence electrons. The molecule has 2 aromatic carbocycles. The van der Waals surface area contributed by atoms with Crippen LogP contribution in [0.1, 0.15) is 10.4 Å². The molecule has 1 amide bonds. The highest BCUT2D eigenvalue weighted by atomic mass is 32.2. The molecule has 0 unspecified atom stereocenters. The van der Waals surface area contributed by atoms with Crippen LogP contribution in [0.3, 0.4) is 0 Å². The van der Waals surface area contributed by atoms with E-state index in [0.29, 0.717) is 0 Å². The minimum Gasteiger partial charge on any atom is -0.316 e. The molecule has 0 bridgehead atoms. The molecule has 3 aromatic rings. The van der Waals surface area contributed by atoms with Gasteiger partial charge in [-0.1, -0.05) is 24.3 Å². The van der Waals surface area contributed by atoms with Crippen molar-refractivity contribution in [3.8, 4) is 0 Å². The first-order valence-corrected chi connectivity index (χ1v) is 9.44. The van der Waals surface area contributed by atoms with Gasteiger partial charge >= 0.3 is 0 Å². The van der Waals surface area contributed by atoms with Crippen LogP contribution in [0.4, 0.5) is 17.2 Å². The van der Waals surface area contributed by atoms with Gasteiger partial charge in [0.25, 0.3) is 21.6 Å². The summed E-state index contributed by atoms with van der Waals surface area (Å²) < 4.78 is 27.3. The summed E-state index contributed by atoms with van der Waals surface area (Å²) in [7, 11) is -3.96. The first-order valence-electron chi connectivity index (χ1n) is 7.95. The molecular weight excluding hydrogens is 384 g/mol. The number of aromatic nitrogens is 1. The Balaban J connectivity index is 1.85. The number of para-hydroxylation sites is 2. The van der Waals surface area contributed by atoms with Crippen LogP contribution in [0.25, 0.3) is 0 Å². The van der Waals surface area contributed by atoms with Gasteiger partial charge in [0.1, 0.15) is 11.5 Å². The van der Waals surface area contributed by atoms with Crippen LogP contribution in [0.5, 0.6) is 0 Å². The summed E-state index contributed by atoms with van der Waals surface area (Å²) in [5, 5.41) is 13.5. The van der Waals surface area contributed by atoms with E-state index in [1.807, 2.05) is 0 Å². The number of nitrogens with one attached hydrogen (secondary N) is 2. The lowest BCUT2D eigenvalue weighted by Crippen LogP contribution is -2.16. The van der Waals surface area contributed by atoms with E-state index < -0.39 is 20.9 Å². The Kier molecular flexibility index (Phi) is 5.32. The number of hydrogen-bond donors (Lipinski definition) is 2. The molecule has 0 aliphatic heterocycles. The van der Waals surface area contributed by atoms with Crippen molar-refractivity contribution < 1.29 is 18.1 Å². The van der Waals surface area contributed by atoms with E-state index in [4.69, 9.17) is 0 Å². The molecule has 0 spiro atoms. The Morgan fingerprint density at radius 3 is 2.46 bits per heavy atom. The second kappa shape index (κ2) is 7.84. The molecule has 0 radical (unpaired) electrons. The van der Waals surface area contributed by atoms with Crippen LogP contribution in [0.2, 0.25) is 0 Å². The van der Waals surface area contributed by atoms with Crippen molar-refractivity contribution >= 4 is 33.1 Å². The van der Waals surface area contributed by atoms with E-state index in [2.05, 4.69) is 15.0 Å². The maximum Gasteiger partial charge on any atom is 0.292 e. The zero-order valence-corrected chi connectivity index (χ0v) is 15.1. The average Bonchev–Trinajstić information content (AvgIpc) is 2.69. The second-order valence-electron chi connectivity index (χ2n) is 5.58. The van der Waals surface area contributed by atoms with Gasteiger partial charge in [-0.25, -0.2) is 13.4 Å². The highest BCUT2D eigenvalue weighted by molar-refractivity contribution is 7.92. The van der Waals surface area contributed by atoms with E-state index in [1.165, 1.54) is 54.7 Å². The number of pyridine rings is 1. The van der Waals surface area contributed by atoms with E-state index in [0.717, 1.165) is 0 Å². The quantitative estimate of drug-likeness (QED) is 0.485. The van der Waals surface area contributed by atoms with Crippen molar-refractivity contribution in [2.45, 2.75) is 4.90 Å². The zero-order valence-electron chi connectivity index (χ0n) is 14.3. The Morgan fingerprint density at radius 2 is 1.75 bits per heavy atom. The molecule has 0 atom stereocenters. The standard InChI is InChI=1S/C18H14N4O5S/c23-18(20-15-8-1-2-9-16(15)22(24)25)13-6-5-7-14(12-13)28(26,27)21-17-10-3-4-11-19-17/h1-12H,(H,19,21)(H,20,23). The number of hydrogen-bond acceptors (Lipinski definition) is 6. The van der Waals surface area contributed by atoms with Gasteiger partial charge in [0, 0.05) is 17.8 Å². The van der Waals surface area contributed by atoms with Crippen LogP contribution in [0, 0.1) is 10.1 Å². The Bertz CT molecular complexity index is 1130. The molecule has 0 fully saturated rings. The van der Waals surface area contributed by atoms with Crippen LogP contribution in [-0.2, 0) is 10.0 Å². The van der Waals surface area contributed by atoms with E-state index in [-0.39, 0.29) is 27.7 Å². The van der Waals surface area contributed by atoms with Gasteiger partial charge in [-0.2, -0.15) is 0 Å². The van der Waals surface area contributed by atoms with Crippen LogP contribution in [-0.4, -0.2) is 24.2 Å². The predicted molar refractivity (Wildman–Crippen MR) is 103 cm³/mol. The van der Waals surface area contributed by atoms with Crippen molar-refractivity contribution in [1.29, 1.82) is 0 Å². The predicted octanol–water partition coefficient (Wildman–Crippen LogP) is 3.04. The third-order valence-corrected chi connectivity index (χ3v) is 5.01. The van der Waals surface area contributed by atoms with Gasteiger partial charge < -0.3 is 5.32 Å². The van der Waals surface area contributed by atoms with E-state index >= 15 is 0 Å². The van der Waals surface area contributed by atoms with Crippen molar-refractivity contribution in [2.75, 3.05) is 10.0 Å². The summed E-state index contributed by atoms with van der Waals surface area (Å²) in [6, 6.07) is 15.7. The lowest BCUT2D eigenvalue weighted by molar-refractivity contribution is -0.383. The molecule has 0 saturated heterocycles. The number of sulfonamides is 1. The number of nitro groups is 1. The van der Waals surface area contributed by atoms with Gasteiger partial charge in [-0.3, -0.25) is 19.6 Å². The lowest BCUT2D eigenvalue weighted by atomic mass is 10.2. The summed E-state index contributed by atoms with van der Waals surface area (Å²) in [6.07, 6.45) is 1.44. The molecule has 9 nitrogen and oxygen atoms in total. The Hall–Kier alpha value is -3.79. The summed E-state index contributed by atoms with van der Waals surface area (Å²) in [6.45, 7) is 0. The SMILES string of the molecule is O=C(Nc1ccccc1[N+](=O)[O-])c1cccc(S(=O)(=O)Nc2ccccn2)c1. The molecule has 0 aliphatic carbocycles. The first kappa shape index (κ1) is 19.0. The monoisotopic (exact) mass is 398 g/mol. The highest BCUT2D eigenvalue weighted by Gasteiger charge is 2.19. The summed E-state index contributed by atoms with van der Waals surface area (Å²) >= 11 is 0. The number of carbonyl (C=O) groups excluding carboxylic acids is 1. The van der Waals surface area contributed by atoms with E-state index in [9.17, 15) is 23.3 Å². The molecule has 10 heteroatoms. The Morgan fingerprint density at radius 1 is 1.00 bits per heavy atom. The molecule has 2 N–H and O–H groups in total. The average molecular weight is 398 g/mol. The van der Waals surface area contributed by atoms with Crippen molar-refractivity contribution in [3.63, 3.8) is 0 Å². The van der Waals surface area contributed by atoms with Crippen LogP contribution < -0.4 is 10.0 Å². The number of anilines is 2. The number of nitro benzene ring substituents is 1. The lowest BCUT2D eigenvalue weighted by Gasteiger charge is -2.09. The zero-order chi connectivity index (χ0) is 20.1. The van der Waals surface area contributed by atoms with Crippen LogP contribution in [0.15, 0.2) is 77.8 Å². The minimum atomic E-state index is -3.96. The molecule has 1 heterocycles. The number of nitrogens with zero attached hydrogens (tertiary/aromatic N) is 2. The van der Waals surface area contributed by atoms with Gasteiger partial charge in [-0.15, -0.1) is 0 Å². The number of rotatable bonds is 6.